The van der Waals surface area contributed by atoms with Gasteiger partial charge in [-0.2, -0.15) is 0 Å². The average Bonchev–Trinajstić information content (AvgIpc) is 3.20. The van der Waals surface area contributed by atoms with Crippen LogP contribution in [-0.4, -0.2) is 21.0 Å². The van der Waals surface area contributed by atoms with E-state index in [1.807, 2.05) is 48.5 Å². The first-order valence-corrected chi connectivity index (χ1v) is 11.1. The van der Waals surface area contributed by atoms with Crippen LogP contribution in [0.2, 0.25) is 0 Å². The van der Waals surface area contributed by atoms with Crippen molar-refractivity contribution in [2.75, 3.05) is 12.5 Å². The average molecular weight is 410 g/mol. The lowest BCUT2D eigenvalue weighted by molar-refractivity contribution is 0.173. The molecule has 150 valence electrons. The second kappa shape index (κ2) is 8.57. The summed E-state index contributed by atoms with van der Waals surface area (Å²) in [5.74, 6) is 2.07. The van der Waals surface area contributed by atoms with Crippen LogP contribution >= 0.6 is 0 Å². The van der Waals surface area contributed by atoms with Crippen LogP contribution in [-0.2, 0) is 22.9 Å². The number of aryl methyl sites for hydroxylation is 1. The fraction of sp³-hybridized carbons (Fsp3) is 0.217. The maximum absolute atomic E-state index is 12.5. The Labute approximate surface area is 170 Å². The predicted molar refractivity (Wildman–Crippen MR) is 110 cm³/mol. The molecule has 0 amide bonds. The number of benzene rings is 3. The zero-order valence-corrected chi connectivity index (χ0v) is 16.7. The van der Waals surface area contributed by atoms with Gasteiger partial charge in [-0.3, -0.25) is 0 Å². The second-order valence-corrected chi connectivity index (χ2v) is 8.93. The van der Waals surface area contributed by atoms with Crippen LogP contribution in [0.5, 0.6) is 17.2 Å². The first-order valence-electron chi connectivity index (χ1n) is 9.49. The van der Waals surface area contributed by atoms with Crippen molar-refractivity contribution in [3.05, 3.63) is 83.9 Å². The largest absolute Gasteiger partial charge is 0.488 e. The SMILES string of the molecule is O=S(=O)(CCCc1cc2c(cc1OCc1ccccc1)OCO2)c1ccccc1. The van der Waals surface area contributed by atoms with Crippen LogP contribution in [0.3, 0.4) is 0 Å². The van der Waals surface area contributed by atoms with Gasteiger partial charge >= 0.3 is 0 Å². The Hall–Kier alpha value is -2.99. The molecule has 4 rings (SSSR count). The molecule has 0 fully saturated rings. The van der Waals surface area contributed by atoms with Gasteiger partial charge in [0.15, 0.2) is 21.3 Å². The van der Waals surface area contributed by atoms with Gasteiger partial charge in [-0.15, -0.1) is 0 Å². The molecule has 0 atom stereocenters. The Morgan fingerprint density at radius 2 is 1.52 bits per heavy atom. The van der Waals surface area contributed by atoms with Crippen LogP contribution in [0.25, 0.3) is 0 Å². The molecule has 29 heavy (non-hydrogen) atoms. The summed E-state index contributed by atoms with van der Waals surface area (Å²) < 4.78 is 42.0. The van der Waals surface area contributed by atoms with E-state index in [-0.39, 0.29) is 12.5 Å². The van der Waals surface area contributed by atoms with Crippen LogP contribution in [0.15, 0.2) is 77.7 Å². The van der Waals surface area contributed by atoms with E-state index in [9.17, 15) is 8.42 Å². The fourth-order valence-corrected chi connectivity index (χ4v) is 4.56. The van der Waals surface area contributed by atoms with E-state index in [4.69, 9.17) is 14.2 Å². The molecule has 0 unspecified atom stereocenters. The van der Waals surface area contributed by atoms with Crippen LogP contribution in [0.4, 0.5) is 0 Å². The maximum Gasteiger partial charge on any atom is 0.231 e. The summed E-state index contributed by atoms with van der Waals surface area (Å²) in [6.07, 6.45) is 1.05. The molecule has 3 aromatic carbocycles. The van der Waals surface area contributed by atoms with E-state index >= 15 is 0 Å². The first kappa shape index (κ1) is 19.3. The Balaban J connectivity index is 1.47. The molecule has 0 aromatic heterocycles. The molecule has 0 N–H and O–H groups in total. The van der Waals surface area contributed by atoms with Gasteiger partial charge in [-0.05, 0) is 42.2 Å². The van der Waals surface area contributed by atoms with Gasteiger partial charge < -0.3 is 14.2 Å². The minimum Gasteiger partial charge on any atom is -0.488 e. The molecule has 0 radical (unpaired) electrons. The highest BCUT2D eigenvalue weighted by Crippen LogP contribution is 2.39. The topological polar surface area (TPSA) is 61.8 Å². The van der Waals surface area contributed by atoms with Gasteiger partial charge in [0.25, 0.3) is 0 Å². The van der Waals surface area contributed by atoms with Crippen LogP contribution in [0.1, 0.15) is 17.5 Å². The summed E-state index contributed by atoms with van der Waals surface area (Å²) in [6.45, 7) is 0.606. The lowest BCUT2D eigenvalue weighted by atomic mass is 10.1. The third kappa shape index (κ3) is 4.71. The molecule has 1 heterocycles. The van der Waals surface area contributed by atoms with Crippen molar-refractivity contribution in [3.8, 4) is 17.2 Å². The van der Waals surface area contributed by atoms with Gasteiger partial charge in [-0.25, -0.2) is 8.42 Å². The molecule has 1 aliphatic heterocycles. The third-order valence-electron chi connectivity index (χ3n) is 4.75. The Morgan fingerprint density at radius 1 is 0.862 bits per heavy atom. The monoisotopic (exact) mass is 410 g/mol. The second-order valence-electron chi connectivity index (χ2n) is 6.82. The van der Waals surface area contributed by atoms with Crippen LogP contribution in [0, 0.1) is 0 Å². The molecular formula is C23H22O5S. The van der Waals surface area contributed by atoms with Crippen LogP contribution < -0.4 is 14.2 Å². The predicted octanol–water partition coefficient (Wildman–Crippen LogP) is 4.40. The van der Waals surface area contributed by atoms with Crippen molar-refractivity contribution in [3.63, 3.8) is 0 Å². The number of ether oxygens (including phenoxy) is 3. The van der Waals surface area contributed by atoms with E-state index in [1.54, 1.807) is 24.3 Å². The minimum absolute atomic E-state index is 0.0730. The summed E-state index contributed by atoms with van der Waals surface area (Å²) >= 11 is 0. The van der Waals surface area contributed by atoms with Crippen molar-refractivity contribution in [2.24, 2.45) is 0 Å². The van der Waals surface area contributed by atoms with E-state index in [0.29, 0.717) is 41.6 Å². The van der Waals surface area contributed by atoms with Crippen molar-refractivity contribution in [1.82, 2.24) is 0 Å². The summed E-state index contributed by atoms with van der Waals surface area (Å²) in [5, 5.41) is 0. The quantitative estimate of drug-likeness (QED) is 0.551. The highest BCUT2D eigenvalue weighted by molar-refractivity contribution is 7.91. The molecule has 1 aliphatic rings. The highest BCUT2D eigenvalue weighted by Gasteiger charge is 2.19. The number of sulfone groups is 1. The van der Waals surface area contributed by atoms with Gasteiger partial charge in [0, 0.05) is 6.07 Å². The van der Waals surface area contributed by atoms with E-state index in [2.05, 4.69) is 0 Å². The zero-order valence-electron chi connectivity index (χ0n) is 15.9. The third-order valence-corrected chi connectivity index (χ3v) is 6.57. The Morgan fingerprint density at radius 3 is 2.24 bits per heavy atom. The standard InChI is InChI=1S/C23H22O5S/c24-29(25,20-11-5-2-6-12-20)13-7-10-19-14-22-23(28-17-27-22)15-21(19)26-16-18-8-3-1-4-9-18/h1-6,8-9,11-12,14-15H,7,10,13,16-17H2. The number of rotatable bonds is 8. The Kier molecular flexibility index (Phi) is 5.71. The van der Waals surface area contributed by atoms with Gasteiger partial charge in [0.1, 0.15) is 12.4 Å². The maximum atomic E-state index is 12.5. The van der Waals surface area contributed by atoms with Gasteiger partial charge in [-0.1, -0.05) is 48.5 Å². The fourth-order valence-electron chi connectivity index (χ4n) is 3.23. The molecule has 0 saturated carbocycles. The molecule has 6 heteroatoms. The lowest BCUT2D eigenvalue weighted by Gasteiger charge is -2.13. The van der Waals surface area contributed by atoms with E-state index < -0.39 is 9.84 Å². The van der Waals surface area contributed by atoms with Crippen molar-refractivity contribution >= 4 is 9.84 Å². The molecule has 0 bridgehead atoms. The smallest absolute Gasteiger partial charge is 0.231 e. The van der Waals surface area contributed by atoms with Crippen molar-refractivity contribution < 1.29 is 22.6 Å². The summed E-state index contributed by atoms with van der Waals surface area (Å²) in [7, 11) is -3.31. The minimum atomic E-state index is -3.31. The summed E-state index contributed by atoms with van der Waals surface area (Å²) in [4.78, 5) is 0.353. The van der Waals surface area contributed by atoms with E-state index in [0.717, 1.165) is 11.1 Å². The normalized spacial score (nSPS) is 12.7. The number of hydrogen-bond acceptors (Lipinski definition) is 5. The Bertz CT molecular complexity index is 1060. The lowest BCUT2D eigenvalue weighted by Crippen LogP contribution is -2.08. The molecule has 0 spiro atoms. The molecule has 0 aliphatic carbocycles. The van der Waals surface area contributed by atoms with Gasteiger partial charge in [0.05, 0.1) is 10.6 Å². The zero-order chi connectivity index (χ0) is 20.1. The van der Waals surface area contributed by atoms with Gasteiger partial charge in [0.2, 0.25) is 6.79 Å². The molecule has 3 aromatic rings. The van der Waals surface area contributed by atoms with Crippen molar-refractivity contribution in [1.29, 1.82) is 0 Å². The summed E-state index contributed by atoms with van der Waals surface area (Å²) in [6, 6.07) is 22.1. The highest BCUT2D eigenvalue weighted by atomic mass is 32.2. The van der Waals surface area contributed by atoms with Crippen molar-refractivity contribution in [2.45, 2.75) is 24.3 Å². The molecule has 5 nitrogen and oxygen atoms in total. The summed E-state index contributed by atoms with van der Waals surface area (Å²) in [5.41, 5.74) is 1.97. The number of fused-ring (bicyclic) bond motifs is 1. The van der Waals surface area contributed by atoms with E-state index in [1.165, 1.54) is 0 Å². The molecule has 0 saturated heterocycles. The first-order chi connectivity index (χ1) is 14.1. The molecular weight excluding hydrogens is 388 g/mol. The number of hydrogen-bond donors (Lipinski definition) is 0.